The molecule has 1 aromatic carbocycles. The number of aryl methyl sites for hydroxylation is 1. The van der Waals surface area contributed by atoms with Crippen LogP contribution in [-0.2, 0) is 6.42 Å². The summed E-state index contributed by atoms with van der Waals surface area (Å²) in [6.45, 7) is 7.88. The molecule has 2 unspecified atom stereocenters. The highest BCUT2D eigenvalue weighted by Gasteiger charge is 2.33. The second-order valence-corrected chi connectivity index (χ2v) is 5.33. The maximum absolute atomic E-state index is 3.52. The van der Waals surface area contributed by atoms with Crippen LogP contribution in [0.25, 0.3) is 0 Å². The highest BCUT2D eigenvalue weighted by Crippen LogP contribution is 2.37. The van der Waals surface area contributed by atoms with Gasteiger partial charge in [-0.15, -0.1) is 0 Å². The van der Waals surface area contributed by atoms with Crippen molar-refractivity contribution in [2.75, 3.05) is 26.7 Å². The fourth-order valence-electron chi connectivity index (χ4n) is 3.21. The fourth-order valence-corrected chi connectivity index (χ4v) is 3.21. The summed E-state index contributed by atoms with van der Waals surface area (Å²) >= 11 is 0. The third kappa shape index (κ3) is 2.76. The molecule has 0 aromatic heterocycles. The SMILES string of the molecule is CCNCC1CCN(C)C1c1ccccc1CC. The van der Waals surface area contributed by atoms with Gasteiger partial charge in [0.1, 0.15) is 0 Å². The Morgan fingerprint density at radius 2 is 2.06 bits per heavy atom. The molecule has 2 heteroatoms. The molecule has 100 valence electrons. The molecule has 1 aliphatic heterocycles. The first kappa shape index (κ1) is 13.6. The zero-order valence-electron chi connectivity index (χ0n) is 11.9. The highest BCUT2D eigenvalue weighted by molar-refractivity contribution is 5.31. The number of nitrogens with one attached hydrogen (secondary N) is 1. The Bertz CT molecular complexity index is 375. The molecule has 2 nitrogen and oxygen atoms in total. The van der Waals surface area contributed by atoms with Gasteiger partial charge in [-0.05, 0) is 56.6 Å². The molecular formula is C16H26N2. The summed E-state index contributed by atoms with van der Waals surface area (Å²) in [6, 6.07) is 9.55. The maximum atomic E-state index is 3.52. The van der Waals surface area contributed by atoms with E-state index >= 15 is 0 Å². The monoisotopic (exact) mass is 246 g/mol. The molecule has 0 amide bonds. The molecule has 1 aromatic rings. The van der Waals surface area contributed by atoms with Crippen LogP contribution in [0.3, 0.4) is 0 Å². The van der Waals surface area contributed by atoms with E-state index in [0.29, 0.717) is 6.04 Å². The van der Waals surface area contributed by atoms with Gasteiger partial charge in [-0.1, -0.05) is 38.1 Å². The van der Waals surface area contributed by atoms with Gasteiger partial charge in [-0.2, -0.15) is 0 Å². The van der Waals surface area contributed by atoms with Gasteiger partial charge in [-0.3, -0.25) is 4.90 Å². The third-order valence-electron chi connectivity index (χ3n) is 4.19. The van der Waals surface area contributed by atoms with Gasteiger partial charge in [0.25, 0.3) is 0 Å². The molecular weight excluding hydrogens is 220 g/mol. The Labute approximate surface area is 111 Å². The summed E-state index contributed by atoms with van der Waals surface area (Å²) < 4.78 is 0. The lowest BCUT2D eigenvalue weighted by Gasteiger charge is -2.27. The molecule has 0 spiro atoms. The number of likely N-dealkylation sites (tertiary alicyclic amines) is 1. The lowest BCUT2D eigenvalue weighted by Crippen LogP contribution is -2.29. The van der Waals surface area contributed by atoms with Crippen molar-refractivity contribution in [2.45, 2.75) is 32.7 Å². The van der Waals surface area contributed by atoms with Gasteiger partial charge >= 0.3 is 0 Å². The van der Waals surface area contributed by atoms with Crippen molar-refractivity contribution in [3.05, 3.63) is 35.4 Å². The number of rotatable bonds is 5. The summed E-state index contributed by atoms with van der Waals surface area (Å²) in [4.78, 5) is 2.52. The normalized spacial score (nSPS) is 24.6. The average Bonchev–Trinajstić information content (AvgIpc) is 2.77. The van der Waals surface area contributed by atoms with Gasteiger partial charge in [-0.25, -0.2) is 0 Å². The molecule has 18 heavy (non-hydrogen) atoms. The highest BCUT2D eigenvalue weighted by atomic mass is 15.2. The minimum atomic E-state index is 0.597. The molecule has 1 saturated heterocycles. The minimum absolute atomic E-state index is 0.597. The van der Waals surface area contributed by atoms with E-state index in [0.717, 1.165) is 25.4 Å². The summed E-state index contributed by atoms with van der Waals surface area (Å²) in [7, 11) is 2.27. The predicted octanol–water partition coefficient (Wildman–Crippen LogP) is 2.85. The Hall–Kier alpha value is -0.860. The van der Waals surface area contributed by atoms with Crippen LogP contribution in [0.1, 0.15) is 37.4 Å². The van der Waals surface area contributed by atoms with Crippen LogP contribution in [0.4, 0.5) is 0 Å². The molecule has 2 rings (SSSR count). The summed E-state index contributed by atoms with van der Waals surface area (Å²) in [5, 5.41) is 3.52. The first-order chi connectivity index (χ1) is 8.77. The van der Waals surface area contributed by atoms with Crippen molar-refractivity contribution in [3.8, 4) is 0 Å². The quantitative estimate of drug-likeness (QED) is 0.859. The maximum Gasteiger partial charge on any atom is 0.0388 e. The second kappa shape index (κ2) is 6.35. The molecule has 1 aliphatic rings. The van der Waals surface area contributed by atoms with Crippen molar-refractivity contribution in [2.24, 2.45) is 5.92 Å². The average molecular weight is 246 g/mol. The van der Waals surface area contributed by atoms with Crippen molar-refractivity contribution in [1.29, 1.82) is 0 Å². The van der Waals surface area contributed by atoms with Gasteiger partial charge in [0.15, 0.2) is 0 Å². The van der Waals surface area contributed by atoms with E-state index in [-0.39, 0.29) is 0 Å². The molecule has 0 radical (unpaired) electrons. The Kier molecular flexibility index (Phi) is 4.79. The van der Waals surface area contributed by atoms with Crippen LogP contribution in [0, 0.1) is 5.92 Å². The lowest BCUT2D eigenvalue weighted by atomic mass is 9.89. The summed E-state index contributed by atoms with van der Waals surface area (Å²) in [5.74, 6) is 0.752. The topological polar surface area (TPSA) is 15.3 Å². The Morgan fingerprint density at radius 1 is 1.28 bits per heavy atom. The van der Waals surface area contributed by atoms with Crippen LogP contribution in [-0.4, -0.2) is 31.6 Å². The van der Waals surface area contributed by atoms with E-state index in [9.17, 15) is 0 Å². The van der Waals surface area contributed by atoms with Crippen molar-refractivity contribution < 1.29 is 0 Å². The van der Waals surface area contributed by atoms with Gasteiger partial charge in [0, 0.05) is 6.04 Å². The van der Waals surface area contributed by atoms with E-state index in [1.165, 1.54) is 18.5 Å². The smallest absolute Gasteiger partial charge is 0.0388 e. The van der Waals surface area contributed by atoms with E-state index in [1.54, 1.807) is 5.56 Å². The summed E-state index contributed by atoms with van der Waals surface area (Å²) in [5.41, 5.74) is 3.06. The number of hydrogen-bond acceptors (Lipinski definition) is 2. The zero-order valence-corrected chi connectivity index (χ0v) is 11.9. The molecule has 2 atom stereocenters. The molecule has 1 heterocycles. The van der Waals surface area contributed by atoms with Crippen LogP contribution in [0.5, 0.6) is 0 Å². The van der Waals surface area contributed by atoms with E-state index in [2.05, 4.69) is 55.4 Å². The summed E-state index contributed by atoms with van der Waals surface area (Å²) in [6.07, 6.45) is 2.45. The predicted molar refractivity (Wildman–Crippen MR) is 77.8 cm³/mol. The Balaban J connectivity index is 2.22. The van der Waals surface area contributed by atoms with E-state index in [4.69, 9.17) is 0 Å². The van der Waals surface area contributed by atoms with E-state index in [1.807, 2.05) is 0 Å². The van der Waals surface area contributed by atoms with Crippen molar-refractivity contribution in [1.82, 2.24) is 10.2 Å². The van der Waals surface area contributed by atoms with Gasteiger partial charge in [0.2, 0.25) is 0 Å². The third-order valence-corrected chi connectivity index (χ3v) is 4.19. The zero-order chi connectivity index (χ0) is 13.0. The van der Waals surface area contributed by atoms with Crippen LogP contribution in [0.15, 0.2) is 24.3 Å². The Morgan fingerprint density at radius 3 is 2.78 bits per heavy atom. The van der Waals surface area contributed by atoms with Gasteiger partial charge < -0.3 is 5.32 Å². The minimum Gasteiger partial charge on any atom is -0.317 e. The number of hydrogen-bond donors (Lipinski definition) is 1. The van der Waals surface area contributed by atoms with Gasteiger partial charge in [0.05, 0.1) is 0 Å². The van der Waals surface area contributed by atoms with Crippen LogP contribution >= 0.6 is 0 Å². The largest absolute Gasteiger partial charge is 0.317 e. The lowest BCUT2D eigenvalue weighted by molar-refractivity contribution is 0.271. The van der Waals surface area contributed by atoms with E-state index < -0.39 is 0 Å². The standard InChI is InChI=1S/C16H26N2/c1-4-13-8-6-7-9-15(13)16-14(12-17-5-2)10-11-18(16)3/h6-9,14,16-17H,4-5,10-12H2,1-3H3. The number of benzene rings is 1. The van der Waals surface area contributed by atoms with Crippen LogP contribution in [0.2, 0.25) is 0 Å². The molecule has 0 saturated carbocycles. The first-order valence-electron chi connectivity index (χ1n) is 7.26. The number of nitrogens with zero attached hydrogens (tertiary/aromatic N) is 1. The first-order valence-corrected chi connectivity index (χ1v) is 7.26. The fraction of sp³-hybridized carbons (Fsp3) is 0.625. The molecule has 1 N–H and O–H groups in total. The second-order valence-electron chi connectivity index (χ2n) is 5.33. The molecule has 0 aliphatic carbocycles. The van der Waals surface area contributed by atoms with Crippen molar-refractivity contribution >= 4 is 0 Å². The van der Waals surface area contributed by atoms with Crippen molar-refractivity contribution in [3.63, 3.8) is 0 Å². The van der Waals surface area contributed by atoms with Crippen LogP contribution < -0.4 is 5.32 Å². The molecule has 1 fully saturated rings. The molecule has 0 bridgehead atoms.